The first-order chi connectivity index (χ1) is 12.0. The van der Waals surface area contributed by atoms with E-state index >= 15 is 0 Å². The topological polar surface area (TPSA) is 93.0 Å². The van der Waals surface area contributed by atoms with Crippen molar-refractivity contribution in [2.75, 3.05) is 5.32 Å². The van der Waals surface area contributed by atoms with Gasteiger partial charge < -0.3 is 15.5 Å². The maximum Gasteiger partial charge on any atom is 0.291 e. The van der Waals surface area contributed by atoms with Crippen molar-refractivity contribution in [2.45, 2.75) is 13.8 Å². The number of nitrogens with zero attached hydrogens (tertiary/aromatic N) is 2. The van der Waals surface area contributed by atoms with Crippen LogP contribution in [0.4, 0.5) is 5.69 Å². The smallest absolute Gasteiger partial charge is 0.291 e. The second-order valence-electron chi connectivity index (χ2n) is 5.61. The number of hydrogen-bond donors (Lipinski definition) is 2. The van der Waals surface area contributed by atoms with Crippen LogP contribution >= 0.6 is 0 Å². The van der Waals surface area contributed by atoms with Crippen LogP contribution in [-0.2, 0) is 0 Å². The van der Waals surface area contributed by atoms with Gasteiger partial charge in [0.1, 0.15) is 11.4 Å². The summed E-state index contributed by atoms with van der Waals surface area (Å²) in [6.45, 7) is 3.52. The van der Waals surface area contributed by atoms with E-state index in [-0.39, 0.29) is 11.7 Å². The average Bonchev–Trinajstić information content (AvgIpc) is 3.04. The Kier molecular flexibility index (Phi) is 4.61. The number of carbonyl (C=O) groups is 1. The van der Waals surface area contributed by atoms with Crippen molar-refractivity contribution in [2.24, 2.45) is 15.9 Å². The highest BCUT2D eigenvalue weighted by molar-refractivity contribution is 6.05. The van der Waals surface area contributed by atoms with Gasteiger partial charge in [0, 0.05) is 11.1 Å². The minimum absolute atomic E-state index is 0.274. The Morgan fingerprint density at radius 3 is 2.44 bits per heavy atom. The Bertz CT molecular complexity index is 932. The molecule has 3 aromatic rings. The van der Waals surface area contributed by atoms with E-state index in [0.717, 1.165) is 16.7 Å². The Balaban J connectivity index is 1.73. The Morgan fingerprint density at radius 1 is 1.04 bits per heavy atom. The van der Waals surface area contributed by atoms with Crippen molar-refractivity contribution in [3.05, 3.63) is 65.9 Å². The van der Waals surface area contributed by atoms with E-state index in [1.54, 1.807) is 25.1 Å². The summed E-state index contributed by atoms with van der Waals surface area (Å²) >= 11 is 0. The zero-order chi connectivity index (χ0) is 17.8. The second kappa shape index (κ2) is 7.00. The molecule has 0 saturated carbocycles. The number of amides is 1. The first-order valence-corrected chi connectivity index (χ1v) is 7.77. The monoisotopic (exact) mass is 334 g/mol. The molecule has 0 atom stereocenters. The number of para-hydroxylation sites is 1. The third kappa shape index (κ3) is 3.92. The van der Waals surface area contributed by atoms with Crippen LogP contribution in [0.15, 0.2) is 69.2 Å². The van der Waals surface area contributed by atoms with Crippen LogP contribution in [0.2, 0.25) is 0 Å². The molecule has 1 heterocycles. The summed E-state index contributed by atoms with van der Waals surface area (Å²) in [5.74, 6) is 0.377. The van der Waals surface area contributed by atoms with Crippen molar-refractivity contribution < 1.29 is 9.21 Å². The summed E-state index contributed by atoms with van der Waals surface area (Å²) in [5, 5.41) is 11.6. The first-order valence-electron chi connectivity index (χ1n) is 7.77. The zero-order valence-corrected chi connectivity index (χ0v) is 14.0. The van der Waals surface area contributed by atoms with Crippen LogP contribution < -0.4 is 11.1 Å². The summed E-state index contributed by atoms with van der Waals surface area (Å²) < 4.78 is 5.56. The number of fused-ring (bicyclic) bond motifs is 1. The molecular weight excluding hydrogens is 316 g/mol. The molecule has 0 spiro atoms. The highest BCUT2D eigenvalue weighted by atomic mass is 16.3. The van der Waals surface area contributed by atoms with Crippen molar-refractivity contribution in [1.82, 2.24) is 0 Å². The molecule has 0 unspecified atom stereocenters. The standard InChI is InChI=1S/C19H18N4O2/c1-12(22-23-13(2)20)14-7-9-16(10-8-14)21-19(24)18-11-15-5-3-4-6-17(15)25-18/h3-11H,1-2H3,(H2,20,23)(H,21,24)/b22-12-. The highest BCUT2D eigenvalue weighted by Gasteiger charge is 2.12. The van der Waals surface area contributed by atoms with E-state index in [0.29, 0.717) is 17.1 Å². The van der Waals surface area contributed by atoms with Gasteiger partial charge in [0.05, 0.1) is 5.71 Å². The Hall–Kier alpha value is -3.41. The SMILES string of the molecule is CC(N)=N/N=C(/C)c1ccc(NC(=O)c2cc3ccccc3o2)cc1. The van der Waals surface area contributed by atoms with Crippen LogP contribution in [0.3, 0.4) is 0 Å². The molecule has 1 amide bonds. The Labute approximate surface area is 145 Å². The van der Waals surface area contributed by atoms with Crippen LogP contribution in [-0.4, -0.2) is 17.5 Å². The summed E-state index contributed by atoms with van der Waals surface area (Å²) in [5.41, 5.74) is 8.45. The van der Waals surface area contributed by atoms with E-state index < -0.39 is 0 Å². The molecule has 6 heteroatoms. The summed E-state index contributed by atoms with van der Waals surface area (Å²) in [7, 11) is 0. The van der Waals surface area contributed by atoms with Gasteiger partial charge in [0.15, 0.2) is 5.76 Å². The van der Waals surface area contributed by atoms with Crippen LogP contribution in [0, 0.1) is 0 Å². The predicted octanol–water partition coefficient (Wildman–Crippen LogP) is 3.79. The average molecular weight is 334 g/mol. The van der Waals surface area contributed by atoms with Gasteiger partial charge in [-0.05, 0) is 43.7 Å². The fourth-order valence-electron chi connectivity index (χ4n) is 2.29. The molecule has 6 nitrogen and oxygen atoms in total. The van der Waals surface area contributed by atoms with Gasteiger partial charge in [0.2, 0.25) is 0 Å². The summed E-state index contributed by atoms with van der Waals surface area (Å²) in [6.07, 6.45) is 0. The lowest BCUT2D eigenvalue weighted by atomic mass is 10.1. The lowest BCUT2D eigenvalue weighted by molar-refractivity contribution is 0.0998. The third-order valence-corrected chi connectivity index (χ3v) is 3.57. The molecule has 0 aliphatic carbocycles. The molecule has 0 saturated heterocycles. The molecule has 126 valence electrons. The lowest BCUT2D eigenvalue weighted by Gasteiger charge is -2.04. The molecule has 1 aromatic heterocycles. The molecular formula is C19H18N4O2. The van der Waals surface area contributed by atoms with Gasteiger partial charge in [-0.3, -0.25) is 4.79 Å². The molecule has 0 bridgehead atoms. The Morgan fingerprint density at radius 2 is 1.76 bits per heavy atom. The third-order valence-electron chi connectivity index (χ3n) is 3.57. The number of furan rings is 1. The van der Waals surface area contributed by atoms with Crippen LogP contribution in [0.1, 0.15) is 30.0 Å². The van der Waals surface area contributed by atoms with Crippen molar-refractivity contribution in [3.8, 4) is 0 Å². The van der Waals surface area contributed by atoms with Crippen LogP contribution in [0.5, 0.6) is 0 Å². The zero-order valence-electron chi connectivity index (χ0n) is 14.0. The van der Waals surface area contributed by atoms with Crippen molar-refractivity contribution >= 4 is 34.1 Å². The fourth-order valence-corrected chi connectivity index (χ4v) is 2.29. The number of nitrogens with one attached hydrogen (secondary N) is 1. The second-order valence-corrected chi connectivity index (χ2v) is 5.61. The number of carbonyl (C=O) groups excluding carboxylic acids is 1. The number of rotatable bonds is 4. The molecule has 3 rings (SSSR count). The maximum atomic E-state index is 12.3. The minimum Gasteiger partial charge on any atom is -0.451 e. The van der Waals surface area contributed by atoms with E-state index in [1.807, 2.05) is 43.3 Å². The van der Waals surface area contributed by atoms with Gasteiger partial charge in [-0.1, -0.05) is 30.3 Å². The van der Waals surface area contributed by atoms with E-state index in [2.05, 4.69) is 15.5 Å². The molecule has 3 N–H and O–H groups in total. The molecule has 0 radical (unpaired) electrons. The maximum absolute atomic E-state index is 12.3. The van der Waals surface area contributed by atoms with Crippen molar-refractivity contribution in [1.29, 1.82) is 0 Å². The number of nitrogens with two attached hydrogens (primary N) is 1. The minimum atomic E-state index is -0.294. The lowest BCUT2D eigenvalue weighted by Crippen LogP contribution is -2.10. The molecule has 0 aliphatic rings. The quantitative estimate of drug-likeness (QED) is 0.432. The highest BCUT2D eigenvalue weighted by Crippen LogP contribution is 2.20. The summed E-state index contributed by atoms with van der Waals surface area (Å²) in [6, 6.07) is 16.5. The predicted molar refractivity (Wildman–Crippen MR) is 100 cm³/mol. The van der Waals surface area contributed by atoms with E-state index in [9.17, 15) is 4.79 Å². The van der Waals surface area contributed by atoms with E-state index in [1.165, 1.54) is 0 Å². The van der Waals surface area contributed by atoms with Crippen molar-refractivity contribution in [3.63, 3.8) is 0 Å². The molecule has 25 heavy (non-hydrogen) atoms. The van der Waals surface area contributed by atoms with Gasteiger partial charge in [0.25, 0.3) is 5.91 Å². The molecule has 2 aromatic carbocycles. The number of anilines is 1. The molecule has 0 fully saturated rings. The van der Waals surface area contributed by atoms with Gasteiger partial charge in [-0.2, -0.15) is 5.10 Å². The van der Waals surface area contributed by atoms with Gasteiger partial charge >= 0.3 is 0 Å². The number of benzene rings is 2. The number of hydrogen-bond acceptors (Lipinski definition) is 4. The van der Waals surface area contributed by atoms with Gasteiger partial charge in [-0.15, -0.1) is 5.10 Å². The normalized spacial score (nSPS) is 12.4. The van der Waals surface area contributed by atoms with Crippen LogP contribution in [0.25, 0.3) is 11.0 Å². The molecule has 0 aliphatic heterocycles. The first kappa shape index (κ1) is 16.4. The van der Waals surface area contributed by atoms with E-state index in [4.69, 9.17) is 10.2 Å². The fraction of sp³-hybridized carbons (Fsp3) is 0.105. The largest absolute Gasteiger partial charge is 0.451 e. The number of amidine groups is 1. The summed E-state index contributed by atoms with van der Waals surface area (Å²) in [4.78, 5) is 12.3. The van der Waals surface area contributed by atoms with Gasteiger partial charge in [-0.25, -0.2) is 0 Å².